The normalized spacial score (nSPS) is 13.9. The van der Waals surface area contributed by atoms with Crippen molar-refractivity contribution < 1.29 is 9.53 Å². The van der Waals surface area contributed by atoms with Gasteiger partial charge in [0, 0.05) is 6.54 Å². The number of hydrogen-bond donors (Lipinski definition) is 2. The lowest BCUT2D eigenvalue weighted by atomic mass is 9.97. The van der Waals surface area contributed by atoms with Gasteiger partial charge in [-0.25, -0.2) is 0 Å². The molecule has 1 aromatic rings. The van der Waals surface area contributed by atoms with Gasteiger partial charge in [0.2, 0.25) is 0 Å². The molecule has 0 atom stereocenters. The Morgan fingerprint density at radius 3 is 2.74 bits per heavy atom. The molecule has 0 spiro atoms. The van der Waals surface area contributed by atoms with Gasteiger partial charge in [-0.1, -0.05) is 29.3 Å². The molecule has 1 aliphatic rings. The van der Waals surface area contributed by atoms with Crippen LogP contribution in [0.15, 0.2) is 35.9 Å². The van der Waals surface area contributed by atoms with E-state index in [0.29, 0.717) is 10.9 Å². The molecule has 0 fully saturated rings. The number of thiocarbonyl (C=S) groups is 1. The van der Waals surface area contributed by atoms with Crippen molar-refractivity contribution in [3.8, 4) is 5.75 Å². The maximum atomic E-state index is 11.8. The second-order valence-electron chi connectivity index (χ2n) is 5.76. The summed E-state index contributed by atoms with van der Waals surface area (Å²) in [5.74, 6) is 0.425. The molecular formula is C18H24N2O2S. The summed E-state index contributed by atoms with van der Waals surface area (Å²) in [4.78, 5) is 11.8. The molecule has 0 unspecified atom stereocenters. The molecule has 0 heterocycles. The third kappa shape index (κ3) is 6.82. The minimum absolute atomic E-state index is 0.0456. The Hall–Kier alpha value is -1.88. The van der Waals surface area contributed by atoms with Gasteiger partial charge in [0.15, 0.2) is 11.7 Å². The van der Waals surface area contributed by atoms with Crippen LogP contribution in [0.2, 0.25) is 0 Å². The zero-order valence-corrected chi connectivity index (χ0v) is 14.4. The number of ether oxygens (including phenoxy) is 1. The molecule has 0 aliphatic heterocycles. The third-order valence-corrected chi connectivity index (χ3v) is 4.01. The number of carbonyl (C=O) groups excluding carboxylic acids is 1. The first-order valence-electron chi connectivity index (χ1n) is 8.08. The van der Waals surface area contributed by atoms with E-state index in [0.717, 1.165) is 18.5 Å². The number of hydrogen-bond acceptors (Lipinski definition) is 3. The highest BCUT2D eigenvalue weighted by molar-refractivity contribution is 7.80. The molecule has 2 N–H and O–H groups in total. The summed E-state index contributed by atoms with van der Waals surface area (Å²) in [6, 6.07) is 7.58. The van der Waals surface area contributed by atoms with E-state index in [1.165, 1.54) is 31.3 Å². The highest BCUT2D eigenvalue weighted by Crippen LogP contribution is 2.19. The van der Waals surface area contributed by atoms with Crippen molar-refractivity contribution in [2.45, 2.75) is 39.0 Å². The summed E-state index contributed by atoms with van der Waals surface area (Å²) in [6.07, 6.45) is 8.26. The smallest absolute Gasteiger partial charge is 0.264 e. The van der Waals surface area contributed by atoms with E-state index in [9.17, 15) is 4.79 Å². The zero-order chi connectivity index (χ0) is 16.5. The SMILES string of the molecule is Cc1ccc(OCC(=O)NC(=S)NCCC2=CCCCC2)cc1. The minimum atomic E-state index is -0.250. The fourth-order valence-corrected chi connectivity index (χ4v) is 2.67. The van der Waals surface area contributed by atoms with Crippen molar-refractivity contribution in [3.05, 3.63) is 41.5 Å². The molecule has 1 aliphatic carbocycles. The van der Waals surface area contributed by atoms with Crippen LogP contribution in [0.1, 0.15) is 37.7 Å². The molecule has 1 aromatic carbocycles. The van der Waals surface area contributed by atoms with E-state index in [1.54, 1.807) is 0 Å². The monoisotopic (exact) mass is 332 g/mol. The molecule has 124 valence electrons. The molecular weight excluding hydrogens is 308 g/mol. The van der Waals surface area contributed by atoms with Crippen molar-refractivity contribution >= 4 is 23.2 Å². The molecule has 4 nitrogen and oxygen atoms in total. The van der Waals surface area contributed by atoms with Crippen molar-refractivity contribution in [3.63, 3.8) is 0 Å². The molecule has 2 rings (SSSR count). The van der Waals surface area contributed by atoms with Crippen LogP contribution in [0.4, 0.5) is 0 Å². The number of carbonyl (C=O) groups is 1. The van der Waals surface area contributed by atoms with Crippen molar-refractivity contribution in [1.29, 1.82) is 0 Å². The summed E-state index contributed by atoms with van der Waals surface area (Å²) in [5.41, 5.74) is 2.64. The van der Waals surface area contributed by atoms with Gasteiger partial charge < -0.3 is 15.4 Å². The van der Waals surface area contributed by atoms with Gasteiger partial charge in [-0.2, -0.15) is 0 Å². The Bertz CT molecular complexity index is 567. The van der Waals surface area contributed by atoms with Gasteiger partial charge in [0.05, 0.1) is 0 Å². The Balaban J connectivity index is 1.61. The number of benzene rings is 1. The van der Waals surface area contributed by atoms with Crippen LogP contribution in [-0.2, 0) is 4.79 Å². The van der Waals surface area contributed by atoms with Gasteiger partial charge in [-0.05, 0) is 63.4 Å². The van der Waals surface area contributed by atoms with E-state index >= 15 is 0 Å². The van der Waals surface area contributed by atoms with Crippen molar-refractivity contribution in [2.75, 3.05) is 13.2 Å². The average Bonchev–Trinajstić information content (AvgIpc) is 2.55. The summed E-state index contributed by atoms with van der Waals surface area (Å²) in [7, 11) is 0. The molecule has 5 heteroatoms. The number of rotatable bonds is 6. The Morgan fingerprint density at radius 2 is 2.04 bits per heavy atom. The molecule has 0 radical (unpaired) electrons. The van der Waals surface area contributed by atoms with E-state index in [-0.39, 0.29) is 12.5 Å². The van der Waals surface area contributed by atoms with Crippen molar-refractivity contribution in [1.82, 2.24) is 10.6 Å². The largest absolute Gasteiger partial charge is 0.484 e. The highest BCUT2D eigenvalue weighted by atomic mass is 32.1. The maximum Gasteiger partial charge on any atom is 0.264 e. The fraction of sp³-hybridized carbons (Fsp3) is 0.444. The van der Waals surface area contributed by atoms with Gasteiger partial charge in [-0.15, -0.1) is 0 Å². The fourth-order valence-electron chi connectivity index (χ4n) is 2.46. The summed E-state index contributed by atoms with van der Waals surface area (Å²) >= 11 is 5.13. The van der Waals surface area contributed by atoms with Gasteiger partial charge in [0.1, 0.15) is 5.75 Å². The van der Waals surface area contributed by atoms with Crippen LogP contribution in [0.5, 0.6) is 5.75 Å². The number of aryl methyl sites for hydroxylation is 1. The van der Waals surface area contributed by atoms with Crippen LogP contribution in [0, 0.1) is 6.92 Å². The second-order valence-corrected chi connectivity index (χ2v) is 6.17. The van der Waals surface area contributed by atoms with Crippen LogP contribution in [0.25, 0.3) is 0 Å². The molecule has 0 bridgehead atoms. The lowest BCUT2D eigenvalue weighted by Crippen LogP contribution is -2.41. The topological polar surface area (TPSA) is 50.4 Å². The molecule has 0 saturated carbocycles. The second kappa shape index (κ2) is 9.30. The zero-order valence-electron chi connectivity index (χ0n) is 13.6. The molecule has 23 heavy (non-hydrogen) atoms. The first kappa shape index (κ1) is 17.5. The van der Waals surface area contributed by atoms with E-state index in [1.807, 2.05) is 31.2 Å². The summed E-state index contributed by atoms with van der Waals surface area (Å²) < 4.78 is 5.41. The van der Waals surface area contributed by atoms with E-state index < -0.39 is 0 Å². The highest BCUT2D eigenvalue weighted by Gasteiger charge is 2.07. The van der Waals surface area contributed by atoms with E-state index in [2.05, 4.69) is 16.7 Å². The minimum Gasteiger partial charge on any atom is -0.484 e. The van der Waals surface area contributed by atoms with E-state index in [4.69, 9.17) is 17.0 Å². The number of amides is 1. The number of nitrogens with one attached hydrogen (secondary N) is 2. The predicted octanol–water partition coefficient (Wildman–Crippen LogP) is 3.26. The lowest BCUT2D eigenvalue weighted by Gasteiger charge is -2.14. The van der Waals surface area contributed by atoms with Crippen LogP contribution in [0.3, 0.4) is 0 Å². The number of allylic oxidation sites excluding steroid dienone is 1. The molecule has 0 aromatic heterocycles. The summed E-state index contributed by atoms with van der Waals surface area (Å²) in [5, 5.41) is 6.07. The van der Waals surface area contributed by atoms with Crippen LogP contribution >= 0.6 is 12.2 Å². The molecule has 0 saturated heterocycles. The van der Waals surface area contributed by atoms with Crippen LogP contribution < -0.4 is 15.4 Å². The Morgan fingerprint density at radius 1 is 1.26 bits per heavy atom. The summed E-state index contributed by atoms with van der Waals surface area (Å²) in [6.45, 7) is 2.71. The van der Waals surface area contributed by atoms with Crippen molar-refractivity contribution in [2.24, 2.45) is 0 Å². The van der Waals surface area contributed by atoms with Crippen LogP contribution in [-0.4, -0.2) is 24.2 Å². The van der Waals surface area contributed by atoms with Gasteiger partial charge in [-0.3, -0.25) is 4.79 Å². The lowest BCUT2D eigenvalue weighted by molar-refractivity contribution is -0.121. The first-order chi connectivity index (χ1) is 11.1. The Kier molecular flexibility index (Phi) is 7.07. The predicted molar refractivity (Wildman–Crippen MR) is 96.6 cm³/mol. The first-order valence-corrected chi connectivity index (χ1v) is 8.49. The van der Waals surface area contributed by atoms with Gasteiger partial charge in [0.25, 0.3) is 5.91 Å². The molecule has 1 amide bonds. The average molecular weight is 332 g/mol. The van der Waals surface area contributed by atoms with Gasteiger partial charge >= 0.3 is 0 Å². The Labute approximate surface area is 143 Å². The third-order valence-electron chi connectivity index (χ3n) is 3.76. The standard InChI is InChI=1S/C18H24N2O2S/c1-14-7-9-16(10-8-14)22-13-17(21)20-18(23)19-12-11-15-5-3-2-4-6-15/h5,7-10H,2-4,6,11-13H2,1H3,(H2,19,20,21,23). The quantitative estimate of drug-likeness (QED) is 0.620. The maximum absolute atomic E-state index is 11.8.